The van der Waals surface area contributed by atoms with Gasteiger partial charge in [-0.3, -0.25) is 4.84 Å². The Hall–Kier alpha value is -1.34. The van der Waals surface area contributed by atoms with Crippen molar-refractivity contribution in [2.45, 2.75) is 25.0 Å². The van der Waals surface area contributed by atoms with Crippen molar-refractivity contribution in [1.29, 1.82) is 0 Å². The van der Waals surface area contributed by atoms with Gasteiger partial charge in [0, 0.05) is 6.54 Å². The van der Waals surface area contributed by atoms with Crippen LogP contribution in [-0.2, 0) is 9.63 Å². The van der Waals surface area contributed by atoms with E-state index >= 15 is 0 Å². The highest BCUT2D eigenvalue weighted by molar-refractivity contribution is 5.75. The second-order valence-electron chi connectivity index (χ2n) is 5.38. The van der Waals surface area contributed by atoms with Crippen LogP contribution in [0, 0.1) is 17.8 Å². The standard InChI is InChI=1S/C11H16N2O5/c14-8(15)4-18-12-11(17)13-3-6-1-5-2-7(6)9(13)10(5)16/h5-7,9-10,16H,1-4H2,(H,12,17)(H,14,15). The lowest BCUT2D eigenvalue weighted by Gasteiger charge is -2.28. The summed E-state index contributed by atoms with van der Waals surface area (Å²) in [4.78, 5) is 28.3. The molecule has 3 aliphatic rings. The zero-order valence-electron chi connectivity index (χ0n) is 9.78. The summed E-state index contributed by atoms with van der Waals surface area (Å²) in [6.07, 6.45) is 1.54. The van der Waals surface area contributed by atoms with Crippen LogP contribution in [0.25, 0.3) is 0 Å². The second-order valence-corrected chi connectivity index (χ2v) is 5.38. The first-order valence-corrected chi connectivity index (χ1v) is 6.16. The number of aliphatic carboxylic acids is 1. The number of carbonyl (C=O) groups excluding carboxylic acids is 1. The van der Waals surface area contributed by atoms with E-state index in [4.69, 9.17) is 5.11 Å². The van der Waals surface area contributed by atoms with Crippen molar-refractivity contribution >= 4 is 12.0 Å². The van der Waals surface area contributed by atoms with E-state index in [1.165, 1.54) is 0 Å². The number of rotatable bonds is 3. The van der Waals surface area contributed by atoms with Crippen LogP contribution in [0.1, 0.15) is 12.8 Å². The lowest BCUT2D eigenvalue weighted by Crippen LogP contribution is -2.48. The molecule has 2 saturated carbocycles. The molecule has 0 aromatic carbocycles. The number of urea groups is 1. The highest BCUT2D eigenvalue weighted by atomic mass is 16.7. The number of carbonyl (C=O) groups is 2. The summed E-state index contributed by atoms with van der Waals surface area (Å²) < 4.78 is 0. The minimum Gasteiger partial charge on any atom is -0.479 e. The van der Waals surface area contributed by atoms with Crippen LogP contribution in [-0.4, -0.2) is 52.4 Å². The van der Waals surface area contributed by atoms with Crippen LogP contribution in [0.5, 0.6) is 0 Å². The molecule has 1 saturated heterocycles. The first-order valence-electron chi connectivity index (χ1n) is 6.16. The van der Waals surface area contributed by atoms with Gasteiger partial charge in [-0.05, 0) is 30.6 Å². The Labute approximate surface area is 104 Å². The van der Waals surface area contributed by atoms with Gasteiger partial charge in [-0.2, -0.15) is 0 Å². The molecule has 0 radical (unpaired) electrons. The summed E-state index contributed by atoms with van der Waals surface area (Å²) in [6, 6.07) is -0.572. The number of carboxylic acids is 1. The fourth-order valence-corrected chi connectivity index (χ4v) is 3.87. The number of amides is 2. The molecular formula is C11H16N2O5. The molecule has 7 heteroatoms. The fraction of sp³-hybridized carbons (Fsp3) is 0.818. The van der Waals surface area contributed by atoms with Gasteiger partial charge in [-0.1, -0.05) is 0 Å². The highest BCUT2D eigenvalue weighted by Crippen LogP contribution is 2.54. The highest BCUT2D eigenvalue weighted by Gasteiger charge is 2.60. The summed E-state index contributed by atoms with van der Waals surface area (Å²) in [5.41, 5.74) is 2.12. The normalized spacial score (nSPS) is 40.3. The van der Waals surface area contributed by atoms with E-state index in [2.05, 4.69) is 10.3 Å². The molecule has 5 unspecified atom stereocenters. The molecule has 5 atom stereocenters. The molecule has 1 heterocycles. The van der Waals surface area contributed by atoms with Gasteiger partial charge in [-0.25, -0.2) is 15.1 Å². The molecule has 3 fully saturated rings. The topological polar surface area (TPSA) is 99.1 Å². The third-order valence-corrected chi connectivity index (χ3v) is 4.46. The third kappa shape index (κ3) is 1.65. The van der Waals surface area contributed by atoms with Gasteiger partial charge in [-0.15, -0.1) is 0 Å². The van der Waals surface area contributed by atoms with Crippen LogP contribution in [0.2, 0.25) is 0 Å². The molecule has 1 aliphatic heterocycles. The van der Waals surface area contributed by atoms with Crippen molar-refractivity contribution in [1.82, 2.24) is 10.4 Å². The predicted octanol–water partition coefficient (Wildman–Crippen LogP) is -0.587. The van der Waals surface area contributed by atoms with E-state index in [-0.39, 0.29) is 6.04 Å². The average Bonchev–Trinajstić information content (AvgIpc) is 2.88. The first kappa shape index (κ1) is 11.7. The largest absolute Gasteiger partial charge is 0.479 e. The number of carboxylic acid groups (broad SMARTS) is 1. The van der Waals surface area contributed by atoms with Gasteiger partial charge in [0.25, 0.3) is 0 Å². The van der Waals surface area contributed by atoms with Gasteiger partial charge in [0.1, 0.15) is 0 Å². The molecule has 3 N–H and O–H groups in total. The maximum atomic E-state index is 11.9. The molecule has 2 bridgehead atoms. The lowest BCUT2D eigenvalue weighted by atomic mass is 9.88. The third-order valence-electron chi connectivity index (χ3n) is 4.46. The molecule has 18 heavy (non-hydrogen) atoms. The van der Waals surface area contributed by atoms with Crippen LogP contribution < -0.4 is 5.48 Å². The summed E-state index contributed by atoms with van der Waals surface area (Å²) in [6.45, 7) is 0.0629. The molecule has 2 aliphatic carbocycles. The number of nitrogens with zero attached hydrogens (tertiary/aromatic N) is 1. The Morgan fingerprint density at radius 2 is 2.11 bits per heavy atom. The number of hydrogen-bond acceptors (Lipinski definition) is 4. The molecular weight excluding hydrogens is 240 g/mol. The van der Waals surface area contributed by atoms with Crippen molar-refractivity contribution in [3.63, 3.8) is 0 Å². The Morgan fingerprint density at radius 1 is 1.33 bits per heavy atom. The molecule has 100 valence electrons. The van der Waals surface area contributed by atoms with Gasteiger partial charge in [0.15, 0.2) is 6.61 Å². The monoisotopic (exact) mass is 256 g/mol. The fourth-order valence-electron chi connectivity index (χ4n) is 3.87. The summed E-state index contributed by atoms with van der Waals surface area (Å²) in [7, 11) is 0. The number of nitrogens with one attached hydrogen (secondary N) is 1. The van der Waals surface area contributed by atoms with Crippen molar-refractivity contribution in [2.75, 3.05) is 13.2 Å². The summed E-state index contributed by atoms with van der Waals surface area (Å²) in [5.74, 6) is 0.0596. The number of fused-ring (bicyclic) bond motifs is 1. The average molecular weight is 256 g/mol. The maximum absolute atomic E-state index is 11.9. The number of aliphatic hydroxyl groups is 1. The van der Waals surface area contributed by atoms with Crippen LogP contribution in [0.4, 0.5) is 4.79 Å². The summed E-state index contributed by atoms with van der Waals surface area (Å²) >= 11 is 0. The van der Waals surface area contributed by atoms with Crippen molar-refractivity contribution in [3.8, 4) is 0 Å². The lowest BCUT2D eigenvalue weighted by molar-refractivity contribution is -0.144. The molecule has 3 rings (SSSR count). The first-order chi connectivity index (χ1) is 8.58. The number of likely N-dealkylation sites (tertiary alicyclic amines) is 1. The maximum Gasteiger partial charge on any atom is 0.341 e. The van der Waals surface area contributed by atoms with Crippen LogP contribution >= 0.6 is 0 Å². The smallest absolute Gasteiger partial charge is 0.341 e. The second kappa shape index (κ2) is 4.10. The van der Waals surface area contributed by atoms with E-state index in [1.54, 1.807) is 4.90 Å². The number of hydrogen-bond donors (Lipinski definition) is 3. The van der Waals surface area contributed by atoms with Gasteiger partial charge in [0.05, 0.1) is 12.1 Å². The Bertz CT molecular complexity index is 386. The zero-order chi connectivity index (χ0) is 12.9. The quantitative estimate of drug-likeness (QED) is 0.586. The molecule has 0 spiro atoms. The van der Waals surface area contributed by atoms with E-state index in [9.17, 15) is 14.7 Å². The van der Waals surface area contributed by atoms with E-state index in [1.807, 2.05) is 0 Å². The number of aliphatic hydroxyl groups excluding tert-OH is 1. The Kier molecular flexibility index (Phi) is 2.67. The van der Waals surface area contributed by atoms with Gasteiger partial charge < -0.3 is 15.1 Å². The van der Waals surface area contributed by atoms with Crippen LogP contribution in [0.3, 0.4) is 0 Å². The number of hydroxylamine groups is 1. The SMILES string of the molecule is O=C(O)CONC(=O)N1CC2CC3CC2C1C3O. The molecule has 2 amide bonds. The zero-order valence-corrected chi connectivity index (χ0v) is 9.78. The molecule has 0 aromatic heterocycles. The van der Waals surface area contributed by atoms with E-state index in [0.29, 0.717) is 24.3 Å². The van der Waals surface area contributed by atoms with Crippen molar-refractivity contribution in [3.05, 3.63) is 0 Å². The minimum absolute atomic E-state index is 0.123. The summed E-state index contributed by atoms with van der Waals surface area (Å²) in [5, 5.41) is 18.5. The van der Waals surface area contributed by atoms with E-state index in [0.717, 1.165) is 12.8 Å². The van der Waals surface area contributed by atoms with Gasteiger partial charge in [0.2, 0.25) is 0 Å². The Balaban J connectivity index is 1.60. The van der Waals surface area contributed by atoms with Crippen LogP contribution in [0.15, 0.2) is 0 Å². The molecule has 0 aromatic rings. The Morgan fingerprint density at radius 3 is 2.78 bits per heavy atom. The van der Waals surface area contributed by atoms with Crippen molar-refractivity contribution in [2.24, 2.45) is 17.8 Å². The molecule has 7 nitrogen and oxygen atoms in total. The predicted molar refractivity (Wildman–Crippen MR) is 58.3 cm³/mol. The van der Waals surface area contributed by atoms with Gasteiger partial charge >= 0.3 is 12.0 Å². The van der Waals surface area contributed by atoms with E-state index < -0.39 is 24.7 Å². The van der Waals surface area contributed by atoms with Crippen molar-refractivity contribution < 1.29 is 24.6 Å². The minimum atomic E-state index is -1.14.